The van der Waals surface area contributed by atoms with Crippen LogP contribution in [0, 0.1) is 0 Å². The first-order chi connectivity index (χ1) is 10.0. The Morgan fingerprint density at radius 3 is 2.90 bits per heavy atom. The maximum absolute atomic E-state index is 12.3. The molecule has 1 fully saturated rings. The summed E-state index contributed by atoms with van der Waals surface area (Å²) in [6.45, 7) is 5.27. The van der Waals surface area contributed by atoms with Gasteiger partial charge >= 0.3 is 0 Å². The zero-order valence-corrected chi connectivity index (χ0v) is 12.9. The zero-order valence-electron chi connectivity index (χ0n) is 12.9. The monoisotopic (exact) mass is 288 g/mol. The molecule has 4 heteroatoms. The predicted octanol–water partition coefficient (Wildman–Crippen LogP) is 2.98. The molecular formula is C17H24N2O2. The van der Waals surface area contributed by atoms with E-state index in [0.29, 0.717) is 12.6 Å². The van der Waals surface area contributed by atoms with E-state index in [-0.39, 0.29) is 11.4 Å². The normalized spacial score (nSPS) is 20.5. The summed E-state index contributed by atoms with van der Waals surface area (Å²) in [7, 11) is 0. The van der Waals surface area contributed by atoms with Crippen molar-refractivity contribution in [1.82, 2.24) is 5.32 Å². The average molecular weight is 288 g/mol. The lowest BCUT2D eigenvalue weighted by atomic mass is 10.0. The van der Waals surface area contributed by atoms with Crippen molar-refractivity contribution in [3.8, 4) is 5.75 Å². The molecule has 0 amide bonds. The average Bonchev–Trinajstić information content (AvgIpc) is 2.96. The minimum atomic E-state index is -0.206. The van der Waals surface area contributed by atoms with Gasteiger partial charge in [0.05, 0.1) is 18.8 Å². The Morgan fingerprint density at radius 1 is 1.38 bits per heavy atom. The summed E-state index contributed by atoms with van der Waals surface area (Å²) in [5, 5.41) is 6.72. The van der Waals surface area contributed by atoms with Gasteiger partial charge in [-0.25, -0.2) is 0 Å². The second-order valence-electron chi connectivity index (χ2n) is 6.71. The second kappa shape index (κ2) is 5.68. The van der Waals surface area contributed by atoms with Crippen LogP contribution in [0.15, 0.2) is 18.2 Å². The van der Waals surface area contributed by atoms with E-state index in [4.69, 9.17) is 4.74 Å². The molecule has 0 aromatic heterocycles. The van der Waals surface area contributed by atoms with Crippen molar-refractivity contribution in [2.45, 2.75) is 51.2 Å². The SMILES string of the molecule is CC1(C)CNc2cc(C(=O)CNC3CCCC3)ccc2O1. The van der Waals surface area contributed by atoms with Gasteiger partial charge in [0.15, 0.2) is 5.78 Å². The summed E-state index contributed by atoms with van der Waals surface area (Å²) in [6, 6.07) is 6.18. The molecule has 1 aliphatic heterocycles. The highest BCUT2D eigenvalue weighted by Crippen LogP contribution is 2.33. The van der Waals surface area contributed by atoms with Crippen molar-refractivity contribution in [3.05, 3.63) is 23.8 Å². The number of ether oxygens (including phenoxy) is 1. The van der Waals surface area contributed by atoms with Crippen molar-refractivity contribution >= 4 is 11.5 Å². The fourth-order valence-electron chi connectivity index (χ4n) is 3.04. The quantitative estimate of drug-likeness (QED) is 0.836. The number of rotatable bonds is 4. The summed E-state index contributed by atoms with van der Waals surface area (Å²) in [5.41, 5.74) is 1.46. The lowest BCUT2D eigenvalue weighted by Crippen LogP contribution is -2.40. The summed E-state index contributed by atoms with van der Waals surface area (Å²) >= 11 is 0. The minimum absolute atomic E-state index is 0.149. The van der Waals surface area contributed by atoms with Gasteiger partial charge in [-0.05, 0) is 44.9 Å². The molecule has 0 bridgehead atoms. The third kappa shape index (κ3) is 3.38. The van der Waals surface area contributed by atoms with Crippen LogP contribution in [0.25, 0.3) is 0 Å². The van der Waals surface area contributed by atoms with Gasteiger partial charge in [-0.15, -0.1) is 0 Å². The van der Waals surface area contributed by atoms with Crippen molar-refractivity contribution in [1.29, 1.82) is 0 Å². The second-order valence-corrected chi connectivity index (χ2v) is 6.71. The van der Waals surface area contributed by atoms with E-state index >= 15 is 0 Å². The van der Waals surface area contributed by atoms with Gasteiger partial charge in [-0.1, -0.05) is 12.8 Å². The molecule has 1 heterocycles. The van der Waals surface area contributed by atoms with Crippen molar-refractivity contribution < 1.29 is 9.53 Å². The lowest BCUT2D eigenvalue weighted by molar-refractivity contribution is 0.0987. The molecular weight excluding hydrogens is 264 g/mol. The number of anilines is 1. The number of ketones is 1. The molecule has 2 aliphatic rings. The summed E-state index contributed by atoms with van der Waals surface area (Å²) in [4.78, 5) is 12.3. The van der Waals surface area contributed by atoms with E-state index in [1.54, 1.807) is 0 Å². The van der Waals surface area contributed by atoms with Gasteiger partial charge in [0.2, 0.25) is 0 Å². The van der Waals surface area contributed by atoms with Crippen LogP contribution < -0.4 is 15.4 Å². The first-order valence-electron chi connectivity index (χ1n) is 7.87. The van der Waals surface area contributed by atoms with E-state index in [1.807, 2.05) is 32.0 Å². The Labute approximate surface area is 126 Å². The predicted molar refractivity (Wildman–Crippen MR) is 84.2 cm³/mol. The smallest absolute Gasteiger partial charge is 0.176 e. The standard InChI is InChI=1S/C17H24N2O2/c1-17(2)11-19-14-9-12(7-8-16(14)21-17)15(20)10-18-13-5-3-4-6-13/h7-9,13,18-19H,3-6,10-11H2,1-2H3. The van der Waals surface area contributed by atoms with Crippen LogP contribution in [0.1, 0.15) is 49.9 Å². The van der Waals surface area contributed by atoms with E-state index in [9.17, 15) is 4.79 Å². The van der Waals surface area contributed by atoms with Crippen molar-refractivity contribution in [2.24, 2.45) is 0 Å². The van der Waals surface area contributed by atoms with E-state index in [2.05, 4.69) is 10.6 Å². The summed E-state index contributed by atoms with van der Waals surface area (Å²) < 4.78 is 5.91. The van der Waals surface area contributed by atoms with Crippen LogP contribution >= 0.6 is 0 Å². The highest BCUT2D eigenvalue weighted by molar-refractivity contribution is 5.98. The third-order valence-electron chi connectivity index (χ3n) is 4.30. The Kier molecular flexibility index (Phi) is 3.89. The number of hydrogen-bond acceptors (Lipinski definition) is 4. The summed E-state index contributed by atoms with van der Waals surface area (Å²) in [5.74, 6) is 0.975. The molecule has 1 saturated carbocycles. The topological polar surface area (TPSA) is 50.4 Å². The number of hydrogen-bond donors (Lipinski definition) is 2. The fraction of sp³-hybridized carbons (Fsp3) is 0.588. The van der Waals surface area contributed by atoms with Crippen molar-refractivity contribution in [3.63, 3.8) is 0 Å². The molecule has 1 aromatic rings. The Hall–Kier alpha value is -1.55. The minimum Gasteiger partial charge on any atom is -0.484 e. The molecule has 21 heavy (non-hydrogen) atoms. The number of benzene rings is 1. The number of fused-ring (bicyclic) bond motifs is 1. The van der Waals surface area contributed by atoms with E-state index in [0.717, 1.165) is 23.5 Å². The fourth-order valence-corrected chi connectivity index (χ4v) is 3.04. The van der Waals surface area contributed by atoms with Crippen LogP contribution in [0.3, 0.4) is 0 Å². The van der Waals surface area contributed by atoms with Gasteiger partial charge in [-0.3, -0.25) is 4.79 Å². The molecule has 0 radical (unpaired) electrons. The summed E-state index contributed by atoms with van der Waals surface area (Å²) in [6.07, 6.45) is 4.95. The molecule has 2 N–H and O–H groups in total. The first kappa shape index (κ1) is 14.4. The highest BCUT2D eigenvalue weighted by atomic mass is 16.5. The van der Waals surface area contributed by atoms with Gasteiger partial charge in [0.25, 0.3) is 0 Å². The van der Waals surface area contributed by atoms with Crippen LogP contribution in [-0.4, -0.2) is 30.5 Å². The molecule has 0 spiro atoms. The van der Waals surface area contributed by atoms with E-state index in [1.165, 1.54) is 25.7 Å². The molecule has 1 aliphatic carbocycles. The number of nitrogens with one attached hydrogen (secondary N) is 2. The van der Waals surface area contributed by atoms with Crippen LogP contribution in [-0.2, 0) is 0 Å². The molecule has 1 aromatic carbocycles. The maximum Gasteiger partial charge on any atom is 0.176 e. The largest absolute Gasteiger partial charge is 0.484 e. The maximum atomic E-state index is 12.3. The number of carbonyl (C=O) groups is 1. The number of carbonyl (C=O) groups excluding carboxylic acids is 1. The zero-order chi connectivity index (χ0) is 14.9. The van der Waals surface area contributed by atoms with Gasteiger partial charge in [0, 0.05) is 11.6 Å². The molecule has 0 atom stereocenters. The Bertz CT molecular complexity index is 534. The Balaban J connectivity index is 1.64. The van der Waals surface area contributed by atoms with Crippen LogP contribution in [0.2, 0.25) is 0 Å². The molecule has 4 nitrogen and oxygen atoms in total. The number of Topliss-reactive ketones (excluding diaryl/α,β-unsaturated/α-hetero) is 1. The lowest BCUT2D eigenvalue weighted by Gasteiger charge is -2.33. The van der Waals surface area contributed by atoms with Gasteiger partial charge in [0.1, 0.15) is 11.4 Å². The molecule has 3 rings (SSSR count). The van der Waals surface area contributed by atoms with Crippen LogP contribution in [0.5, 0.6) is 5.75 Å². The van der Waals surface area contributed by atoms with Crippen molar-refractivity contribution in [2.75, 3.05) is 18.4 Å². The van der Waals surface area contributed by atoms with Gasteiger partial charge < -0.3 is 15.4 Å². The van der Waals surface area contributed by atoms with Crippen LogP contribution in [0.4, 0.5) is 5.69 Å². The highest BCUT2D eigenvalue weighted by Gasteiger charge is 2.26. The Morgan fingerprint density at radius 2 is 2.14 bits per heavy atom. The van der Waals surface area contributed by atoms with E-state index < -0.39 is 0 Å². The molecule has 0 unspecified atom stereocenters. The molecule has 114 valence electrons. The third-order valence-corrected chi connectivity index (χ3v) is 4.30. The van der Waals surface area contributed by atoms with Gasteiger partial charge in [-0.2, -0.15) is 0 Å². The first-order valence-corrected chi connectivity index (χ1v) is 7.87. The molecule has 0 saturated heterocycles.